The van der Waals surface area contributed by atoms with E-state index >= 15 is 0 Å². The molecule has 0 spiro atoms. The maximum atomic E-state index is 13.8. The zero-order valence-corrected chi connectivity index (χ0v) is 32.7. The molecular formula is C42H44O18. The largest absolute Gasteiger partial charge is 0.463 e. The molecule has 18 nitrogen and oxygen atoms in total. The lowest BCUT2D eigenvalue weighted by molar-refractivity contribution is -0.329. The van der Waals surface area contributed by atoms with E-state index in [2.05, 4.69) is 0 Å². The third-order valence-corrected chi connectivity index (χ3v) is 8.90. The van der Waals surface area contributed by atoms with E-state index in [0.717, 1.165) is 20.8 Å². The quantitative estimate of drug-likeness (QED) is 0.158. The summed E-state index contributed by atoms with van der Waals surface area (Å²) in [6.45, 7) is -1.80. The fourth-order valence-corrected chi connectivity index (χ4v) is 6.35. The van der Waals surface area contributed by atoms with Gasteiger partial charge in [-0.15, -0.1) is 0 Å². The van der Waals surface area contributed by atoms with E-state index < -0.39 is 123 Å². The topological polar surface area (TPSA) is 221 Å². The molecule has 0 N–H and O–H groups in total. The van der Waals surface area contributed by atoms with Gasteiger partial charge in [-0.25, -0.2) is 14.4 Å². The fraction of sp³-hybridized carbons (Fsp3) is 0.405. The van der Waals surface area contributed by atoms with Crippen molar-refractivity contribution in [3.8, 4) is 0 Å². The summed E-state index contributed by atoms with van der Waals surface area (Å²) in [5.41, 5.74) is 0.186. The van der Waals surface area contributed by atoms with Gasteiger partial charge in [0.2, 0.25) is 0 Å². The number of ether oxygens (including phenoxy) is 11. The van der Waals surface area contributed by atoms with Crippen LogP contribution in [-0.2, 0) is 71.3 Å². The van der Waals surface area contributed by atoms with Crippen molar-refractivity contribution in [1.82, 2.24) is 0 Å². The predicted octanol–water partition coefficient (Wildman–Crippen LogP) is 3.13. The highest BCUT2D eigenvalue weighted by atomic mass is 16.8. The van der Waals surface area contributed by atoms with Crippen LogP contribution in [0.1, 0.15) is 62.8 Å². The molecule has 0 aromatic heterocycles. The highest BCUT2D eigenvalue weighted by molar-refractivity contribution is 5.91. The second-order valence-electron chi connectivity index (χ2n) is 13.2. The van der Waals surface area contributed by atoms with Crippen molar-refractivity contribution in [2.75, 3.05) is 20.3 Å². The highest BCUT2D eigenvalue weighted by Gasteiger charge is 2.56. The molecule has 10 atom stereocenters. The molecule has 2 fully saturated rings. The second kappa shape index (κ2) is 21.2. The molecule has 0 unspecified atom stereocenters. The van der Waals surface area contributed by atoms with Gasteiger partial charge in [-0.1, -0.05) is 54.6 Å². The summed E-state index contributed by atoms with van der Waals surface area (Å²) >= 11 is 0. The monoisotopic (exact) mass is 839 g/mol. The molecule has 320 valence electrons. The summed E-state index contributed by atoms with van der Waals surface area (Å²) < 4.78 is 86.0. The molecule has 5 rings (SSSR count). The minimum atomic E-state index is -3.38. The third kappa shape index (κ3) is 11.9. The van der Waals surface area contributed by atoms with Crippen molar-refractivity contribution in [3.63, 3.8) is 0 Å². The van der Waals surface area contributed by atoms with Crippen molar-refractivity contribution < 1.29 is 89.8 Å². The van der Waals surface area contributed by atoms with Crippen LogP contribution < -0.4 is 0 Å². The van der Waals surface area contributed by atoms with Crippen LogP contribution in [0.2, 0.25) is 0 Å². The molecule has 0 amide bonds. The number of carbonyl (C=O) groups excluding carboxylic acids is 7. The van der Waals surface area contributed by atoms with Gasteiger partial charge in [0.25, 0.3) is 0 Å². The lowest BCUT2D eigenvalue weighted by atomic mass is 9.97. The lowest BCUT2D eigenvalue weighted by Crippen LogP contribution is -2.65. The highest BCUT2D eigenvalue weighted by Crippen LogP contribution is 2.34. The van der Waals surface area contributed by atoms with E-state index in [-0.39, 0.29) is 16.7 Å². The molecule has 2 heterocycles. The van der Waals surface area contributed by atoms with Crippen molar-refractivity contribution in [1.29, 1.82) is 0 Å². The van der Waals surface area contributed by atoms with Crippen LogP contribution in [0.3, 0.4) is 0 Å². The number of esters is 7. The Morgan fingerprint density at radius 2 is 0.867 bits per heavy atom. The van der Waals surface area contributed by atoms with Gasteiger partial charge < -0.3 is 52.1 Å². The predicted molar refractivity (Wildman–Crippen MR) is 201 cm³/mol. The summed E-state index contributed by atoms with van der Waals surface area (Å²) in [6, 6.07) is 23.1. The molecule has 60 heavy (non-hydrogen) atoms. The van der Waals surface area contributed by atoms with Gasteiger partial charge in [0.05, 0.1) is 23.3 Å². The van der Waals surface area contributed by atoms with Crippen molar-refractivity contribution in [2.24, 2.45) is 0 Å². The van der Waals surface area contributed by atoms with E-state index in [9.17, 15) is 33.6 Å². The third-order valence-electron chi connectivity index (χ3n) is 8.90. The Bertz CT molecular complexity index is 2070. The Morgan fingerprint density at radius 3 is 1.33 bits per heavy atom. The van der Waals surface area contributed by atoms with Crippen LogP contribution >= 0.6 is 0 Å². The van der Waals surface area contributed by atoms with E-state index in [0.29, 0.717) is 0 Å². The van der Waals surface area contributed by atoms with Crippen LogP contribution in [0.25, 0.3) is 0 Å². The number of benzene rings is 3. The minimum Gasteiger partial charge on any atom is -0.463 e. The molecule has 2 saturated heterocycles. The molecule has 0 bridgehead atoms. The average molecular weight is 840 g/mol. The maximum Gasteiger partial charge on any atom is 0.338 e. The lowest BCUT2D eigenvalue weighted by Gasteiger charge is -2.46. The Morgan fingerprint density at radius 1 is 0.483 bits per heavy atom. The van der Waals surface area contributed by atoms with E-state index in [1.54, 1.807) is 54.6 Å². The number of rotatable bonds is 15. The summed E-state index contributed by atoms with van der Waals surface area (Å²) in [7, 11) is 1.19. The van der Waals surface area contributed by atoms with E-state index in [1.807, 2.05) is 0 Å². The SMILES string of the molecule is [2H]C([2H])([2H])C(=O)O[C@H]1[C@H](OC[C@H]2O[C@@H](OC)[C@H](OC(=O)c3ccccc3)[C@@H](OC(=O)c3ccccc3)[C@H]2OC(=O)c2ccccc2)O[C@H](COC(C)=O)[C@H](OC(C)=O)[C@@H]1OC(C)=O. The molecule has 0 aliphatic carbocycles. The number of hydrogen-bond acceptors (Lipinski definition) is 18. The van der Waals surface area contributed by atoms with Crippen LogP contribution in [0.15, 0.2) is 91.0 Å². The molecule has 0 saturated carbocycles. The molecule has 18 heteroatoms. The first kappa shape index (κ1) is 40.6. The van der Waals surface area contributed by atoms with E-state index in [1.165, 1.54) is 43.5 Å². The van der Waals surface area contributed by atoms with Crippen LogP contribution in [0.4, 0.5) is 0 Å². The van der Waals surface area contributed by atoms with Crippen LogP contribution in [0, 0.1) is 0 Å². The molecular weight excluding hydrogens is 792 g/mol. The Labute approximate surface area is 348 Å². The molecule has 2 aliphatic rings. The molecule has 2 aliphatic heterocycles. The van der Waals surface area contributed by atoms with Gasteiger partial charge in [0, 0.05) is 38.8 Å². The Kier molecular flexibility index (Phi) is 14.3. The van der Waals surface area contributed by atoms with Crippen LogP contribution in [-0.4, -0.2) is 124 Å². The Balaban J connectivity index is 1.58. The van der Waals surface area contributed by atoms with Crippen molar-refractivity contribution in [3.05, 3.63) is 108 Å². The first-order valence-electron chi connectivity index (χ1n) is 19.9. The normalized spacial score (nSPS) is 27.0. The van der Waals surface area contributed by atoms with Gasteiger partial charge in [0.15, 0.2) is 49.2 Å². The van der Waals surface area contributed by atoms with Crippen molar-refractivity contribution >= 4 is 41.8 Å². The summed E-state index contributed by atoms with van der Waals surface area (Å²) in [4.78, 5) is 90.7. The first-order valence-corrected chi connectivity index (χ1v) is 18.4. The summed E-state index contributed by atoms with van der Waals surface area (Å²) in [5, 5.41) is 0. The number of hydrogen-bond donors (Lipinski definition) is 0. The van der Waals surface area contributed by atoms with Crippen molar-refractivity contribution in [2.45, 2.75) is 89.0 Å². The zero-order valence-electron chi connectivity index (χ0n) is 35.7. The van der Waals surface area contributed by atoms with Gasteiger partial charge in [-0.05, 0) is 36.4 Å². The molecule has 0 radical (unpaired) electrons. The molecule has 3 aromatic carbocycles. The summed E-state index contributed by atoms with van der Waals surface area (Å²) in [5.74, 6) is -7.37. The number of methoxy groups -OCH3 is 1. The van der Waals surface area contributed by atoms with Gasteiger partial charge in [-0.2, -0.15) is 0 Å². The zero-order chi connectivity index (χ0) is 45.8. The Hall–Kier alpha value is -6.21. The van der Waals surface area contributed by atoms with Gasteiger partial charge >= 0.3 is 41.8 Å². The van der Waals surface area contributed by atoms with Crippen LogP contribution in [0.5, 0.6) is 0 Å². The van der Waals surface area contributed by atoms with Gasteiger partial charge in [-0.3, -0.25) is 19.2 Å². The standard InChI is InChI=1S/C42H44O18/c1-23(43)51-21-30-32(53-24(2)44)34(54-25(3)45)37(55-26(4)46)42(57-30)52-22-31-33(58-38(47)27-15-9-6-10-16-27)35(59-39(48)28-17-11-7-12-18-28)36(41(50-5)56-31)60-40(49)29-19-13-8-14-20-29/h6-20,30-37,41-42H,21-22H2,1-5H3/t30-,31-,32+,33+,34+,35+,36-,37-,41-,42-/m1/s1/i4D3. The number of carbonyl (C=O) groups is 7. The summed E-state index contributed by atoms with van der Waals surface area (Å²) in [6.07, 6.45) is -17.2. The van der Waals surface area contributed by atoms with E-state index in [4.69, 9.17) is 56.2 Å². The van der Waals surface area contributed by atoms with Gasteiger partial charge in [0.1, 0.15) is 18.8 Å². The second-order valence-corrected chi connectivity index (χ2v) is 13.2. The minimum absolute atomic E-state index is 0.0401. The maximum absolute atomic E-state index is 13.8. The fourth-order valence-electron chi connectivity index (χ4n) is 6.35. The average Bonchev–Trinajstić information content (AvgIpc) is 3.25. The molecule has 3 aromatic rings. The first-order chi connectivity index (χ1) is 30.0. The smallest absolute Gasteiger partial charge is 0.338 e.